The minimum absolute atomic E-state index is 0.237. The molecule has 1 aromatic rings. The highest BCUT2D eigenvalue weighted by atomic mass is 35.5. The molecule has 1 heterocycles. The number of rotatable bonds is 3. The molecule has 0 radical (unpaired) electrons. The fourth-order valence-corrected chi connectivity index (χ4v) is 2.27. The van der Waals surface area contributed by atoms with Crippen LogP contribution in [0.5, 0.6) is 0 Å². The molecule has 1 saturated heterocycles. The van der Waals surface area contributed by atoms with Crippen LogP contribution in [0.2, 0.25) is 5.02 Å². The van der Waals surface area contributed by atoms with Gasteiger partial charge in [0.1, 0.15) is 0 Å². The van der Waals surface area contributed by atoms with E-state index in [1.165, 1.54) is 0 Å². The summed E-state index contributed by atoms with van der Waals surface area (Å²) in [5.41, 5.74) is 6.54. The average Bonchev–Trinajstić information content (AvgIpc) is 2.67. The van der Waals surface area contributed by atoms with E-state index in [1.807, 2.05) is 6.07 Å². The van der Waals surface area contributed by atoms with Gasteiger partial charge in [-0.3, -0.25) is 9.69 Å². The van der Waals surface area contributed by atoms with E-state index in [0.29, 0.717) is 23.7 Å². The van der Waals surface area contributed by atoms with Crippen LogP contribution in [0.25, 0.3) is 0 Å². The maximum atomic E-state index is 11.0. The van der Waals surface area contributed by atoms with E-state index >= 15 is 0 Å². The van der Waals surface area contributed by atoms with E-state index in [2.05, 4.69) is 4.90 Å². The van der Waals surface area contributed by atoms with Gasteiger partial charge in [-0.2, -0.15) is 0 Å². The summed E-state index contributed by atoms with van der Waals surface area (Å²) in [7, 11) is 0. The number of amides is 1. The molecular formula is C12H15ClN2O2. The van der Waals surface area contributed by atoms with E-state index in [-0.39, 0.29) is 6.10 Å². The Morgan fingerprint density at radius 1 is 1.59 bits per heavy atom. The molecule has 1 aliphatic rings. The molecule has 2 rings (SSSR count). The van der Waals surface area contributed by atoms with Gasteiger partial charge in [-0.05, 0) is 24.1 Å². The molecule has 17 heavy (non-hydrogen) atoms. The average molecular weight is 255 g/mol. The number of β-amino-alcohol motifs (C(OH)–C–C–N with tert-alkyl or cyclic N) is 1. The summed E-state index contributed by atoms with van der Waals surface area (Å²) in [5, 5.41) is 9.97. The summed E-state index contributed by atoms with van der Waals surface area (Å²) in [5.74, 6) is -0.477. The first kappa shape index (κ1) is 12.4. The van der Waals surface area contributed by atoms with E-state index in [4.69, 9.17) is 17.3 Å². The Labute approximate surface area is 105 Å². The Balaban J connectivity index is 2.09. The number of benzene rings is 1. The predicted molar refractivity (Wildman–Crippen MR) is 65.9 cm³/mol. The number of hydrogen-bond acceptors (Lipinski definition) is 3. The molecule has 0 aromatic heterocycles. The lowest BCUT2D eigenvalue weighted by Crippen LogP contribution is -2.21. The van der Waals surface area contributed by atoms with Crippen molar-refractivity contribution in [3.63, 3.8) is 0 Å². The van der Waals surface area contributed by atoms with Crippen molar-refractivity contribution in [3.8, 4) is 0 Å². The second-order valence-corrected chi connectivity index (χ2v) is 4.76. The van der Waals surface area contributed by atoms with Crippen LogP contribution >= 0.6 is 11.6 Å². The molecular weight excluding hydrogens is 240 g/mol. The smallest absolute Gasteiger partial charge is 0.248 e. The van der Waals surface area contributed by atoms with Crippen molar-refractivity contribution < 1.29 is 9.90 Å². The van der Waals surface area contributed by atoms with Crippen molar-refractivity contribution in [2.75, 3.05) is 13.1 Å². The number of halogens is 1. The zero-order valence-electron chi connectivity index (χ0n) is 9.40. The lowest BCUT2D eigenvalue weighted by atomic mass is 10.1. The number of carbonyl (C=O) groups excluding carboxylic acids is 1. The van der Waals surface area contributed by atoms with Crippen LogP contribution in [0, 0.1) is 0 Å². The molecule has 1 unspecified atom stereocenters. The third-order valence-electron chi connectivity index (χ3n) is 2.98. The van der Waals surface area contributed by atoms with Crippen molar-refractivity contribution in [1.82, 2.24) is 4.90 Å². The van der Waals surface area contributed by atoms with Crippen molar-refractivity contribution >= 4 is 17.5 Å². The van der Waals surface area contributed by atoms with Gasteiger partial charge in [-0.25, -0.2) is 0 Å². The molecule has 1 aromatic carbocycles. The summed E-state index contributed by atoms with van der Waals surface area (Å²) in [6, 6.07) is 5.08. The van der Waals surface area contributed by atoms with Crippen LogP contribution < -0.4 is 5.73 Å². The minimum atomic E-state index is -0.477. The Morgan fingerprint density at radius 3 is 2.88 bits per heavy atom. The first-order chi connectivity index (χ1) is 8.06. The van der Waals surface area contributed by atoms with E-state index < -0.39 is 5.91 Å². The molecule has 0 bridgehead atoms. The first-order valence-electron chi connectivity index (χ1n) is 5.55. The maximum Gasteiger partial charge on any atom is 0.248 e. The Morgan fingerprint density at radius 2 is 2.35 bits per heavy atom. The second-order valence-electron chi connectivity index (χ2n) is 4.35. The van der Waals surface area contributed by atoms with E-state index in [0.717, 1.165) is 18.5 Å². The number of hydrogen-bond donors (Lipinski definition) is 2. The SMILES string of the molecule is NC(=O)c1ccc(CN2CCC(O)C2)c(Cl)c1. The molecule has 1 atom stereocenters. The molecule has 1 fully saturated rings. The highest BCUT2D eigenvalue weighted by molar-refractivity contribution is 6.31. The van der Waals surface area contributed by atoms with Gasteiger partial charge in [0.05, 0.1) is 6.10 Å². The predicted octanol–water partition coefficient (Wildman–Crippen LogP) is 1.01. The number of aliphatic hydroxyl groups is 1. The fraction of sp³-hybridized carbons (Fsp3) is 0.417. The number of nitrogens with two attached hydrogens (primary N) is 1. The summed E-state index contributed by atoms with van der Waals surface area (Å²) >= 11 is 6.09. The van der Waals surface area contributed by atoms with Crippen molar-refractivity contribution in [2.24, 2.45) is 5.73 Å². The first-order valence-corrected chi connectivity index (χ1v) is 5.92. The monoisotopic (exact) mass is 254 g/mol. The van der Waals surface area contributed by atoms with E-state index in [9.17, 15) is 9.90 Å². The van der Waals surface area contributed by atoms with Gasteiger partial charge in [0.15, 0.2) is 0 Å². The van der Waals surface area contributed by atoms with Gasteiger partial charge in [-0.1, -0.05) is 17.7 Å². The quantitative estimate of drug-likeness (QED) is 0.846. The fourth-order valence-electron chi connectivity index (χ4n) is 2.03. The van der Waals surface area contributed by atoms with E-state index in [1.54, 1.807) is 12.1 Å². The van der Waals surface area contributed by atoms with Crippen LogP contribution in [-0.4, -0.2) is 35.1 Å². The van der Waals surface area contributed by atoms with Crippen LogP contribution in [0.1, 0.15) is 22.3 Å². The van der Waals surface area contributed by atoms with Gasteiger partial charge in [0, 0.05) is 30.2 Å². The molecule has 4 nitrogen and oxygen atoms in total. The third-order valence-corrected chi connectivity index (χ3v) is 3.33. The number of carbonyl (C=O) groups is 1. The zero-order valence-corrected chi connectivity index (χ0v) is 10.2. The molecule has 3 N–H and O–H groups in total. The topological polar surface area (TPSA) is 66.6 Å². The highest BCUT2D eigenvalue weighted by Gasteiger charge is 2.20. The van der Waals surface area contributed by atoms with Gasteiger partial charge < -0.3 is 10.8 Å². The summed E-state index contributed by atoms with van der Waals surface area (Å²) in [4.78, 5) is 13.1. The Kier molecular flexibility index (Phi) is 3.66. The lowest BCUT2D eigenvalue weighted by Gasteiger charge is -2.16. The number of likely N-dealkylation sites (tertiary alicyclic amines) is 1. The van der Waals surface area contributed by atoms with Gasteiger partial charge >= 0.3 is 0 Å². The van der Waals surface area contributed by atoms with Crippen LogP contribution in [-0.2, 0) is 6.54 Å². The molecule has 1 aliphatic heterocycles. The summed E-state index contributed by atoms with van der Waals surface area (Å²) in [6.45, 7) is 2.23. The molecule has 0 aliphatic carbocycles. The number of nitrogens with zero attached hydrogens (tertiary/aromatic N) is 1. The maximum absolute atomic E-state index is 11.0. The largest absolute Gasteiger partial charge is 0.392 e. The van der Waals surface area contributed by atoms with Crippen molar-refractivity contribution in [3.05, 3.63) is 34.3 Å². The number of aliphatic hydroxyl groups excluding tert-OH is 1. The standard InChI is InChI=1S/C12H15ClN2O2/c13-11-5-8(12(14)17)1-2-9(11)6-15-4-3-10(16)7-15/h1-2,5,10,16H,3-4,6-7H2,(H2,14,17). The lowest BCUT2D eigenvalue weighted by molar-refractivity contribution is 0.100. The van der Waals surface area contributed by atoms with Crippen LogP contribution in [0.15, 0.2) is 18.2 Å². The van der Waals surface area contributed by atoms with Crippen LogP contribution in [0.4, 0.5) is 0 Å². The highest BCUT2D eigenvalue weighted by Crippen LogP contribution is 2.21. The normalized spacial score (nSPS) is 20.7. The molecule has 1 amide bonds. The van der Waals surface area contributed by atoms with Gasteiger partial charge in [0.2, 0.25) is 5.91 Å². The molecule has 92 valence electrons. The third kappa shape index (κ3) is 2.97. The van der Waals surface area contributed by atoms with Crippen molar-refractivity contribution in [2.45, 2.75) is 19.1 Å². The Hall–Kier alpha value is -1.10. The zero-order chi connectivity index (χ0) is 12.4. The van der Waals surface area contributed by atoms with Gasteiger partial charge in [-0.15, -0.1) is 0 Å². The Bertz CT molecular complexity index is 437. The number of primary amides is 1. The molecule has 0 saturated carbocycles. The summed E-state index contributed by atoms with van der Waals surface area (Å²) < 4.78 is 0. The minimum Gasteiger partial charge on any atom is -0.392 e. The van der Waals surface area contributed by atoms with Gasteiger partial charge in [0.25, 0.3) is 0 Å². The molecule has 5 heteroatoms. The van der Waals surface area contributed by atoms with Crippen LogP contribution in [0.3, 0.4) is 0 Å². The second kappa shape index (κ2) is 5.04. The van der Waals surface area contributed by atoms with Crippen molar-refractivity contribution in [1.29, 1.82) is 0 Å². The summed E-state index contributed by atoms with van der Waals surface area (Å²) in [6.07, 6.45) is 0.565. The molecule has 0 spiro atoms.